The molecule has 25 heavy (non-hydrogen) atoms. The molecule has 0 aliphatic rings. The molecule has 0 unspecified atom stereocenters. The first-order chi connectivity index (χ1) is 12.1. The molecular weight excluding hydrogens is 316 g/mol. The van der Waals surface area contributed by atoms with Crippen LogP contribution in [0.5, 0.6) is 0 Å². The van der Waals surface area contributed by atoms with E-state index >= 15 is 0 Å². The molecule has 0 saturated heterocycles. The molecule has 0 bridgehead atoms. The van der Waals surface area contributed by atoms with Gasteiger partial charge in [0.15, 0.2) is 0 Å². The summed E-state index contributed by atoms with van der Waals surface area (Å²) in [4.78, 5) is 0. The summed E-state index contributed by atoms with van der Waals surface area (Å²) >= 11 is 0. The lowest BCUT2D eigenvalue weighted by Crippen LogP contribution is -2.13. The number of hydrogen-bond acceptors (Lipinski definition) is 6. The lowest BCUT2D eigenvalue weighted by atomic mass is 10.1. The average Bonchev–Trinajstić information content (AvgIpc) is 3.19. The maximum Gasteiger partial charge on any atom is 0.315 e. The number of nitrogens with zero attached hydrogens (tertiary/aromatic N) is 4. The van der Waals surface area contributed by atoms with Crippen molar-refractivity contribution in [2.24, 2.45) is 5.73 Å². The summed E-state index contributed by atoms with van der Waals surface area (Å²) in [5.74, 6) is 0.434. The van der Waals surface area contributed by atoms with Crippen molar-refractivity contribution in [3.05, 3.63) is 58.7 Å². The predicted molar refractivity (Wildman–Crippen MR) is 96.1 cm³/mol. The maximum atomic E-state index is 6.18. The lowest BCUT2D eigenvalue weighted by Gasteiger charge is -2.07. The highest BCUT2D eigenvalue weighted by molar-refractivity contribution is 5.30. The van der Waals surface area contributed by atoms with E-state index in [4.69, 9.17) is 10.2 Å². The number of rotatable bonds is 7. The molecule has 7 nitrogen and oxygen atoms in total. The molecule has 0 spiro atoms. The molecular formula is C18H24N6O. The van der Waals surface area contributed by atoms with Gasteiger partial charge in [-0.2, -0.15) is 5.10 Å². The van der Waals surface area contributed by atoms with Gasteiger partial charge in [0.2, 0.25) is 5.89 Å². The standard InChI is InChI=1S/C18H24N6O/c1-4-24-13(3)15(12(2)23-24)11-20-18-22-21-17(25-18)16(19)10-14-8-6-5-7-9-14/h5-9,16H,4,10-11,19H2,1-3H3,(H,20,22)/t16-/m1/s1. The van der Waals surface area contributed by atoms with Crippen molar-refractivity contribution in [3.8, 4) is 0 Å². The average molecular weight is 340 g/mol. The first-order valence-corrected chi connectivity index (χ1v) is 8.48. The van der Waals surface area contributed by atoms with Crippen LogP contribution in [0.3, 0.4) is 0 Å². The van der Waals surface area contributed by atoms with Crippen LogP contribution in [0.1, 0.15) is 41.4 Å². The Kier molecular flexibility index (Phi) is 5.14. The molecule has 1 aromatic carbocycles. The fourth-order valence-electron chi connectivity index (χ4n) is 2.87. The van der Waals surface area contributed by atoms with E-state index < -0.39 is 0 Å². The van der Waals surface area contributed by atoms with Crippen molar-refractivity contribution in [3.63, 3.8) is 0 Å². The molecule has 0 amide bonds. The maximum absolute atomic E-state index is 6.18. The second-order valence-electron chi connectivity index (χ2n) is 6.06. The molecule has 0 saturated carbocycles. The van der Waals surface area contributed by atoms with Crippen LogP contribution in [0.15, 0.2) is 34.7 Å². The number of hydrogen-bond donors (Lipinski definition) is 2. The molecule has 2 heterocycles. The first-order valence-electron chi connectivity index (χ1n) is 8.48. The molecule has 7 heteroatoms. The van der Waals surface area contributed by atoms with Crippen LogP contribution in [-0.4, -0.2) is 20.0 Å². The van der Waals surface area contributed by atoms with Crippen LogP contribution in [0.2, 0.25) is 0 Å². The van der Waals surface area contributed by atoms with E-state index in [-0.39, 0.29) is 6.04 Å². The minimum atomic E-state index is -0.322. The highest BCUT2D eigenvalue weighted by Gasteiger charge is 2.16. The van der Waals surface area contributed by atoms with Gasteiger partial charge in [-0.25, -0.2) is 0 Å². The van der Waals surface area contributed by atoms with Crippen molar-refractivity contribution in [2.75, 3.05) is 5.32 Å². The fourth-order valence-corrected chi connectivity index (χ4v) is 2.87. The molecule has 2 aromatic heterocycles. The third-order valence-electron chi connectivity index (χ3n) is 4.30. The van der Waals surface area contributed by atoms with Crippen LogP contribution in [0.25, 0.3) is 0 Å². The topological polar surface area (TPSA) is 94.8 Å². The van der Waals surface area contributed by atoms with Gasteiger partial charge in [0.05, 0.1) is 11.7 Å². The van der Waals surface area contributed by atoms with Gasteiger partial charge < -0.3 is 15.5 Å². The van der Waals surface area contributed by atoms with E-state index in [1.54, 1.807) is 0 Å². The van der Waals surface area contributed by atoms with Gasteiger partial charge in [-0.05, 0) is 32.8 Å². The summed E-state index contributed by atoms with van der Waals surface area (Å²) in [6, 6.07) is 10.1. The Morgan fingerprint density at radius 2 is 1.96 bits per heavy atom. The Balaban J connectivity index is 1.63. The zero-order valence-electron chi connectivity index (χ0n) is 14.9. The normalized spacial score (nSPS) is 12.3. The van der Waals surface area contributed by atoms with Crippen molar-refractivity contribution < 1.29 is 4.42 Å². The highest BCUT2D eigenvalue weighted by Crippen LogP contribution is 2.19. The van der Waals surface area contributed by atoms with Crippen molar-refractivity contribution >= 4 is 6.01 Å². The zero-order valence-corrected chi connectivity index (χ0v) is 14.9. The van der Waals surface area contributed by atoms with Gasteiger partial charge in [-0.1, -0.05) is 35.4 Å². The SMILES string of the molecule is CCn1nc(C)c(CNc2nnc([C@H](N)Cc3ccccc3)o2)c1C. The molecule has 3 rings (SSSR count). The predicted octanol–water partition coefficient (Wildman–Crippen LogP) is 2.76. The summed E-state index contributed by atoms with van der Waals surface area (Å²) in [5.41, 5.74) is 10.6. The highest BCUT2D eigenvalue weighted by atomic mass is 16.4. The van der Waals surface area contributed by atoms with Crippen molar-refractivity contribution in [1.82, 2.24) is 20.0 Å². The summed E-state index contributed by atoms with van der Waals surface area (Å²) in [5, 5.41) is 15.8. The smallest absolute Gasteiger partial charge is 0.315 e. The van der Waals surface area contributed by atoms with E-state index in [1.165, 1.54) is 0 Å². The summed E-state index contributed by atoms with van der Waals surface area (Å²) in [7, 11) is 0. The van der Waals surface area contributed by atoms with Crippen LogP contribution in [0.4, 0.5) is 6.01 Å². The minimum Gasteiger partial charge on any atom is -0.406 e. The molecule has 0 radical (unpaired) electrons. The minimum absolute atomic E-state index is 0.322. The van der Waals surface area contributed by atoms with Gasteiger partial charge in [-0.15, -0.1) is 5.10 Å². The zero-order chi connectivity index (χ0) is 17.8. The molecule has 1 atom stereocenters. The van der Waals surface area contributed by atoms with Crippen LogP contribution in [0, 0.1) is 13.8 Å². The van der Waals surface area contributed by atoms with E-state index in [0.29, 0.717) is 24.9 Å². The second kappa shape index (κ2) is 7.48. The van der Waals surface area contributed by atoms with Gasteiger partial charge in [0.25, 0.3) is 0 Å². The van der Waals surface area contributed by atoms with Crippen molar-refractivity contribution in [2.45, 2.75) is 46.3 Å². The largest absolute Gasteiger partial charge is 0.406 e. The molecule has 0 aliphatic carbocycles. The van der Waals surface area contributed by atoms with E-state index in [0.717, 1.165) is 29.1 Å². The quantitative estimate of drug-likeness (QED) is 0.687. The molecule has 0 fully saturated rings. The summed E-state index contributed by atoms with van der Waals surface area (Å²) < 4.78 is 7.65. The van der Waals surface area contributed by atoms with Gasteiger partial charge in [0.1, 0.15) is 0 Å². The third-order valence-corrected chi connectivity index (χ3v) is 4.30. The Morgan fingerprint density at radius 1 is 1.20 bits per heavy atom. The number of aromatic nitrogens is 4. The second-order valence-corrected chi connectivity index (χ2v) is 6.06. The van der Waals surface area contributed by atoms with E-state index in [2.05, 4.69) is 34.5 Å². The number of benzene rings is 1. The Bertz CT molecular complexity index is 823. The Hall–Kier alpha value is -2.67. The third kappa shape index (κ3) is 3.88. The van der Waals surface area contributed by atoms with E-state index in [1.807, 2.05) is 41.9 Å². The fraction of sp³-hybridized carbons (Fsp3) is 0.389. The molecule has 3 aromatic rings. The summed E-state index contributed by atoms with van der Waals surface area (Å²) in [6.07, 6.45) is 0.657. The number of nitrogens with one attached hydrogen (secondary N) is 1. The Morgan fingerprint density at radius 3 is 2.64 bits per heavy atom. The van der Waals surface area contributed by atoms with Crippen LogP contribution >= 0.6 is 0 Å². The molecule has 0 aliphatic heterocycles. The Labute approximate surface area is 147 Å². The van der Waals surface area contributed by atoms with Crippen LogP contribution < -0.4 is 11.1 Å². The van der Waals surface area contributed by atoms with E-state index in [9.17, 15) is 0 Å². The van der Waals surface area contributed by atoms with Gasteiger partial charge in [0, 0.05) is 24.3 Å². The number of anilines is 1. The number of nitrogens with two attached hydrogens (primary N) is 1. The van der Waals surface area contributed by atoms with Gasteiger partial charge in [-0.3, -0.25) is 4.68 Å². The van der Waals surface area contributed by atoms with Crippen molar-refractivity contribution in [1.29, 1.82) is 0 Å². The monoisotopic (exact) mass is 340 g/mol. The molecule has 132 valence electrons. The first kappa shape index (κ1) is 17.2. The van der Waals surface area contributed by atoms with Gasteiger partial charge >= 0.3 is 6.01 Å². The number of aryl methyl sites for hydroxylation is 2. The lowest BCUT2D eigenvalue weighted by molar-refractivity contribution is 0.456. The molecule has 3 N–H and O–H groups in total. The summed E-state index contributed by atoms with van der Waals surface area (Å²) in [6.45, 7) is 7.59. The van der Waals surface area contributed by atoms with Crippen LogP contribution in [-0.2, 0) is 19.5 Å².